The van der Waals surface area contributed by atoms with Crippen LogP contribution in [0, 0.1) is 18.3 Å². The first-order valence-corrected chi connectivity index (χ1v) is 14.6. The highest BCUT2D eigenvalue weighted by atomic mass is 16.5. The lowest BCUT2D eigenvalue weighted by Gasteiger charge is -2.57. The molecule has 0 bridgehead atoms. The predicted molar refractivity (Wildman–Crippen MR) is 152 cm³/mol. The third-order valence-corrected chi connectivity index (χ3v) is 7.69. The molecule has 2 saturated carbocycles. The fourth-order valence-electron chi connectivity index (χ4n) is 5.53. The number of carbonyl (C=O) groups is 3. The molecular weight excluding hydrogens is 526 g/mol. The fourth-order valence-corrected chi connectivity index (χ4v) is 5.53. The first-order chi connectivity index (χ1) is 19.7. The number of ether oxygens (including phenoxy) is 2. The Morgan fingerprint density at radius 1 is 0.902 bits per heavy atom. The van der Waals surface area contributed by atoms with Crippen LogP contribution in [0.4, 0.5) is 0 Å². The summed E-state index contributed by atoms with van der Waals surface area (Å²) in [5.74, 6) is 1.42. The summed E-state index contributed by atoms with van der Waals surface area (Å²) in [6.07, 6.45) is 5.88. The predicted octanol–water partition coefficient (Wildman–Crippen LogP) is 3.18. The van der Waals surface area contributed by atoms with Crippen molar-refractivity contribution in [3.63, 3.8) is 0 Å². The molecular formula is C30H43N5O6. The molecule has 224 valence electrons. The molecule has 3 amide bonds. The quantitative estimate of drug-likeness (QED) is 0.262. The second kappa shape index (κ2) is 14.5. The number of rotatable bonds is 16. The zero-order valence-corrected chi connectivity index (χ0v) is 24.4. The third kappa shape index (κ3) is 9.36. The van der Waals surface area contributed by atoms with Crippen LogP contribution in [-0.4, -0.2) is 73.0 Å². The number of hydrogen-bond donors (Lipinski definition) is 3. The molecule has 11 heteroatoms. The number of carbonyl (C=O) groups excluding carboxylic acids is 3. The number of aryl methyl sites for hydroxylation is 1. The van der Waals surface area contributed by atoms with Crippen molar-refractivity contribution in [2.45, 2.75) is 77.8 Å². The van der Waals surface area contributed by atoms with Gasteiger partial charge in [-0.3, -0.25) is 14.4 Å². The first-order valence-electron chi connectivity index (χ1n) is 14.6. The van der Waals surface area contributed by atoms with Crippen LogP contribution in [0.5, 0.6) is 0 Å². The van der Waals surface area contributed by atoms with Gasteiger partial charge < -0.3 is 29.8 Å². The summed E-state index contributed by atoms with van der Waals surface area (Å²) in [5.41, 5.74) is 1.59. The maximum Gasteiger partial charge on any atom is 0.251 e. The second-order valence-electron chi connectivity index (χ2n) is 11.7. The van der Waals surface area contributed by atoms with Gasteiger partial charge in [0.1, 0.15) is 0 Å². The first kappa shape index (κ1) is 30.6. The average molecular weight is 570 g/mol. The van der Waals surface area contributed by atoms with Crippen molar-refractivity contribution in [3.8, 4) is 11.5 Å². The van der Waals surface area contributed by atoms with Crippen LogP contribution in [-0.2, 0) is 19.1 Å². The molecule has 4 rings (SSSR count). The van der Waals surface area contributed by atoms with E-state index in [0.717, 1.165) is 37.7 Å². The molecule has 0 saturated heterocycles. The highest BCUT2D eigenvalue weighted by Crippen LogP contribution is 2.55. The van der Waals surface area contributed by atoms with Gasteiger partial charge in [-0.2, -0.15) is 0 Å². The molecule has 41 heavy (non-hydrogen) atoms. The normalized spacial score (nSPS) is 21.3. The van der Waals surface area contributed by atoms with Gasteiger partial charge in [-0.15, -0.1) is 10.2 Å². The summed E-state index contributed by atoms with van der Waals surface area (Å²) in [6, 6.07) is 7.47. The van der Waals surface area contributed by atoms with E-state index in [2.05, 4.69) is 40.0 Å². The van der Waals surface area contributed by atoms with E-state index in [1.54, 1.807) is 31.2 Å². The second-order valence-corrected chi connectivity index (χ2v) is 11.7. The van der Waals surface area contributed by atoms with Gasteiger partial charge in [-0.05, 0) is 67.7 Å². The Balaban J connectivity index is 0.954. The fraction of sp³-hybridized carbons (Fsp3) is 0.633. The monoisotopic (exact) mass is 569 g/mol. The Kier molecular flexibility index (Phi) is 10.9. The van der Waals surface area contributed by atoms with Gasteiger partial charge in [0, 0.05) is 49.5 Å². The van der Waals surface area contributed by atoms with Gasteiger partial charge in [-0.25, -0.2) is 0 Å². The zero-order chi connectivity index (χ0) is 29.2. The lowest BCUT2D eigenvalue weighted by Crippen LogP contribution is -2.61. The molecule has 1 aromatic carbocycles. The van der Waals surface area contributed by atoms with Gasteiger partial charge in [0.25, 0.3) is 5.91 Å². The van der Waals surface area contributed by atoms with Crippen LogP contribution < -0.4 is 16.0 Å². The molecule has 1 aromatic heterocycles. The summed E-state index contributed by atoms with van der Waals surface area (Å²) in [6.45, 7) is 7.83. The van der Waals surface area contributed by atoms with Gasteiger partial charge in [0.15, 0.2) is 0 Å². The van der Waals surface area contributed by atoms with Crippen LogP contribution in [0.3, 0.4) is 0 Å². The van der Waals surface area contributed by atoms with E-state index in [1.807, 2.05) is 0 Å². The Morgan fingerprint density at radius 3 is 2.10 bits per heavy atom. The molecule has 0 atom stereocenters. The summed E-state index contributed by atoms with van der Waals surface area (Å²) in [7, 11) is 0. The van der Waals surface area contributed by atoms with Crippen molar-refractivity contribution in [1.82, 2.24) is 26.1 Å². The molecule has 11 nitrogen and oxygen atoms in total. The summed E-state index contributed by atoms with van der Waals surface area (Å²) >= 11 is 0. The topological polar surface area (TPSA) is 145 Å². The van der Waals surface area contributed by atoms with E-state index in [9.17, 15) is 14.4 Å². The Morgan fingerprint density at radius 2 is 1.51 bits per heavy atom. The van der Waals surface area contributed by atoms with Crippen LogP contribution in [0.2, 0.25) is 0 Å². The van der Waals surface area contributed by atoms with Gasteiger partial charge in [0.2, 0.25) is 23.6 Å². The Hall–Kier alpha value is -3.31. The maximum atomic E-state index is 12.3. The molecule has 3 N–H and O–H groups in total. The van der Waals surface area contributed by atoms with Crippen molar-refractivity contribution < 1.29 is 28.3 Å². The average Bonchev–Trinajstić information content (AvgIpc) is 3.34. The number of hydrogen-bond acceptors (Lipinski definition) is 8. The number of benzene rings is 1. The molecule has 1 spiro atoms. The molecule has 2 fully saturated rings. The van der Waals surface area contributed by atoms with Crippen molar-refractivity contribution in [2.24, 2.45) is 11.3 Å². The number of amides is 3. The minimum absolute atomic E-state index is 0.00609. The van der Waals surface area contributed by atoms with Crippen LogP contribution in [0.25, 0.3) is 11.5 Å². The molecule has 1 heterocycles. The smallest absolute Gasteiger partial charge is 0.251 e. The van der Waals surface area contributed by atoms with Crippen molar-refractivity contribution in [3.05, 3.63) is 35.7 Å². The molecule has 0 radical (unpaired) electrons. The molecule has 2 aliphatic carbocycles. The molecule has 2 aliphatic rings. The van der Waals surface area contributed by atoms with Gasteiger partial charge in [0.05, 0.1) is 26.4 Å². The lowest BCUT2D eigenvalue weighted by atomic mass is 9.52. The van der Waals surface area contributed by atoms with E-state index in [1.165, 1.54) is 0 Å². The van der Waals surface area contributed by atoms with E-state index in [0.29, 0.717) is 80.5 Å². The highest BCUT2D eigenvalue weighted by molar-refractivity contribution is 5.94. The number of aromatic nitrogens is 2. The Labute approximate surface area is 241 Å². The lowest BCUT2D eigenvalue weighted by molar-refractivity contribution is -0.127. The van der Waals surface area contributed by atoms with Crippen molar-refractivity contribution in [2.75, 3.05) is 33.0 Å². The van der Waals surface area contributed by atoms with E-state index < -0.39 is 0 Å². The Bertz CT molecular complexity index is 1150. The summed E-state index contributed by atoms with van der Waals surface area (Å²) in [4.78, 5) is 36.5. The van der Waals surface area contributed by atoms with Gasteiger partial charge in [-0.1, -0.05) is 13.8 Å². The van der Waals surface area contributed by atoms with Crippen LogP contribution >= 0.6 is 0 Å². The van der Waals surface area contributed by atoms with Crippen LogP contribution in [0.1, 0.15) is 75.0 Å². The largest absolute Gasteiger partial charge is 0.421 e. The summed E-state index contributed by atoms with van der Waals surface area (Å²) in [5, 5.41) is 16.8. The van der Waals surface area contributed by atoms with Crippen molar-refractivity contribution >= 4 is 17.7 Å². The highest BCUT2D eigenvalue weighted by Gasteiger charge is 2.53. The van der Waals surface area contributed by atoms with Crippen LogP contribution in [0.15, 0.2) is 28.7 Å². The molecule has 2 aromatic rings. The number of nitrogens with one attached hydrogen (secondary N) is 3. The third-order valence-electron chi connectivity index (χ3n) is 7.69. The zero-order valence-electron chi connectivity index (χ0n) is 24.4. The maximum absolute atomic E-state index is 12.3. The van der Waals surface area contributed by atoms with E-state index in [-0.39, 0.29) is 23.8 Å². The summed E-state index contributed by atoms with van der Waals surface area (Å²) < 4.78 is 16.4. The molecule has 0 unspecified atom stereocenters. The van der Waals surface area contributed by atoms with E-state index in [4.69, 9.17) is 13.9 Å². The SMILES string of the molecule is Cc1nnc(-c2ccc(C(=O)NCCOCCOCCC(=O)NC3CC4(C3)CC(NC(=O)CCC(C)C)C4)cc2)o1. The van der Waals surface area contributed by atoms with Crippen molar-refractivity contribution in [1.29, 1.82) is 0 Å². The minimum Gasteiger partial charge on any atom is -0.421 e. The van der Waals surface area contributed by atoms with Gasteiger partial charge >= 0.3 is 0 Å². The standard InChI is InChI=1S/C30H43N5O6/c1-20(2)4-9-26(36)32-24-16-30(17-24)18-25(19-30)33-27(37)10-12-39-14-15-40-13-11-31-28(38)22-5-7-23(8-6-22)29-35-34-21(3)41-29/h5-8,20,24-25H,4,9-19H2,1-3H3,(H,31,38)(H,32,36)(H,33,37). The molecule has 0 aliphatic heterocycles. The van der Waals surface area contributed by atoms with E-state index >= 15 is 0 Å². The number of nitrogens with zero attached hydrogens (tertiary/aromatic N) is 2. The minimum atomic E-state index is -0.192.